The van der Waals surface area contributed by atoms with Crippen molar-refractivity contribution in [2.45, 2.75) is 6.42 Å². The van der Waals surface area contributed by atoms with Gasteiger partial charge >= 0.3 is 5.97 Å². The Labute approximate surface area is 131 Å². The van der Waals surface area contributed by atoms with E-state index in [0.717, 1.165) is 24.4 Å². The lowest BCUT2D eigenvalue weighted by atomic mass is 10.1. The van der Waals surface area contributed by atoms with Crippen LogP contribution in [0.5, 0.6) is 5.75 Å². The van der Waals surface area contributed by atoms with E-state index in [-0.39, 0.29) is 5.56 Å². The van der Waals surface area contributed by atoms with Crippen molar-refractivity contribution in [2.24, 2.45) is 0 Å². The van der Waals surface area contributed by atoms with Crippen LogP contribution in [0.15, 0.2) is 46.9 Å². The van der Waals surface area contributed by atoms with Crippen molar-refractivity contribution >= 4 is 27.6 Å². The molecular weight excluding hydrogens is 334 g/mol. The van der Waals surface area contributed by atoms with Crippen LogP contribution in [-0.4, -0.2) is 24.7 Å². The molecule has 0 aliphatic heterocycles. The van der Waals surface area contributed by atoms with Crippen molar-refractivity contribution in [1.29, 1.82) is 0 Å². The third kappa shape index (κ3) is 4.23. The Morgan fingerprint density at radius 1 is 1.29 bits per heavy atom. The molecule has 110 valence electrons. The number of carboxylic acid groups (broad SMARTS) is 1. The van der Waals surface area contributed by atoms with Crippen LogP contribution >= 0.6 is 15.9 Å². The molecule has 0 atom stereocenters. The van der Waals surface area contributed by atoms with Gasteiger partial charge in [0.25, 0.3) is 0 Å². The largest absolute Gasteiger partial charge is 0.497 e. The van der Waals surface area contributed by atoms with E-state index in [2.05, 4.69) is 21.2 Å². The van der Waals surface area contributed by atoms with Crippen molar-refractivity contribution in [1.82, 2.24) is 0 Å². The van der Waals surface area contributed by atoms with Crippen molar-refractivity contribution in [3.8, 4) is 5.75 Å². The van der Waals surface area contributed by atoms with Crippen molar-refractivity contribution in [3.63, 3.8) is 0 Å². The number of nitrogens with one attached hydrogen (secondary N) is 1. The Hall–Kier alpha value is -2.01. The predicted octanol–water partition coefficient (Wildman–Crippen LogP) is 3.81. The molecule has 5 heteroatoms. The normalized spacial score (nSPS) is 10.2. The van der Waals surface area contributed by atoms with Crippen LogP contribution in [0.3, 0.4) is 0 Å². The van der Waals surface area contributed by atoms with Gasteiger partial charge in [0.1, 0.15) is 5.75 Å². The Kier molecular flexibility index (Phi) is 5.22. The van der Waals surface area contributed by atoms with Gasteiger partial charge in [-0.1, -0.05) is 12.1 Å². The van der Waals surface area contributed by atoms with Gasteiger partial charge in [-0.05, 0) is 58.2 Å². The van der Waals surface area contributed by atoms with Gasteiger partial charge in [0.15, 0.2) is 0 Å². The highest BCUT2D eigenvalue weighted by molar-refractivity contribution is 9.10. The lowest BCUT2D eigenvalue weighted by Gasteiger charge is -2.09. The van der Waals surface area contributed by atoms with Crippen LogP contribution in [0.2, 0.25) is 0 Å². The van der Waals surface area contributed by atoms with E-state index in [1.54, 1.807) is 25.3 Å². The molecule has 0 bridgehead atoms. The molecule has 0 saturated heterocycles. The van der Waals surface area contributed by atoms with E-state index < -0.39 is 5.97 Å². The maximum Gasteiger partial charge on any atom is 0.336 e. The Bertz CT molecular complexity index is 643. The van der Waals surface area contributed by atoms with E-state index in [0.29, 0.717) is 4.47 Å². The SMILES string of the molecule is COc1cccc(CCNc2ccc(C(=O)O)c(Br)c2)c1. The first-order valence-electron chi connectivity index (χ1n) is 6.50. The summed E-state index contributed by atoms with van der Waals surface area (Å²) in [5.74, 6) is -0.0918. The van der Waals surface area contributed by atoms with Gasteiger partial charge < -0.3 is 15.2 Å². The molecule has 0 radical (unpaired) electrons. The maximum atomic E-state index is 10.9. The fourth-order valence-corrected chi connectivity index (χ4v) is 2.53. The number of anilines is 1. The van der Waals surface area contributed by atoms with E-state index >= 15 is 0 Å². The summed E-state index contributed by atoms with van der Waals surface area (Å²) in [7, 11) is 1.65. The summed E-state index contributed by atoms with van der Waals surface area (Å²) in [6, 6.07) is 13.1. The molecule has 0 amide bonds. The van der Waals surface area contributed by atoms with Gasteiger partial charge in [0.2, 0.25) is 0 Å². The zero-order chi connectivity index (χ0) is 15.2. The lowest BCUT2D eigenvalue weighted by molar-refractivity contribution is 0.0696. The minimum Gasteiger partial charge on any atom is -0.497 e. The molecule has 0 saturated carbocycles. The molecule has 2 aromatic rings. The maximum absolute atomic E-state index is 10.9. The zero-order valence-corrected chi connectivity index (χ0v) is 13.2. The molecule has 2 N–H and O–H groups in total. The molecule has 2 rings (SSSR count). The van der Waals surface area contributed by atoms with E-state index in [4.69, 9.17) is 9.84 Å². The number of methoxy groups -OCH3 is 1. The standard InChI is InChI=1S/C16H16BrNO3/c1-21-13-4-2-3-11(9-13)7-8-18-12-5-6-14(16(19)20)15(17)10-12/h2-6,9-10,18H,7-8H2,1H3,(H,19,20). The molecule has 0 aromatic heterocycles. The van der Waals surface area contributed by atoms with Gasteiger partial charge in [-0.15, -0.1) is 0 Å². The van der Waals surface area contributed by atoms with E-state index in [1.165, 1.54) is 5.56 Å². The number of hydrogen-bond donors (Lipinski definition) is 2. The van der Waals surface area contributed by atoms with Crippen LogP contribution in [0.4, 0.5) is 5.69 Å². The van der Waals surface area contributed by atoms with Crippen LogP contribution in [0, 0.1) is 0 Å². The average Bonchev–Trinajstić information content (AvgIpc) is 2.47. The first-order valence-corrected chi connectivity index (χ1v) is 7.29. The number of carbonyl (C=O) groups is 1. The summed E-state index contributed by atoms with van der Waals surface area (Å²) < 4.78 is 5.76. The Balaban J connectivity index is 1.94. The number of benzene rings is 2. The van der Waals surface area contributed by atoms with Crippen molar-refractivity contribution in [2.75, 3.05) is 19.0 Å². The molecule has 0 aliphatic carbocycles. The number of hydrogen-bond acceptors (Lipinski definition) is 3. The van der Waals surface area contributed by atoms with Gasteiger partial charge in [-0.25, -0.2) is 4.79 Å². The molecular formula is C16H16BrNO3. The van der Waals surface area contributed by atoms with Gasteiger partial charge in [0, 0.05) is 16.7 Å². The summed E-state index contributed by atoms with van der Waals surface area (Å²) in [4.78, 5) is 10.9. The number of halogens is 1. The molecule has 0 unspecified atom stereocenters. The van der Waals surface area contributed by atoms with Crippen molar-refractivity contribution in [3.05, 3.63) is 58.1 Å². The smallest absolute Gasteiger partial charge is 0.336 e. The third-order valence-corrected chi connectivity index (χ3v) is 3.73. The van der Waals surface area contributed by atoms with Crippen LogP contribution in [0.25, 0.3) is 0 Å². The Morgan fingerprint density at radius 2 is 2.10 bits per heavy atom. The molecule has 0 heterocycles. The second-order valence-electron chi connectivity index (χ2n) is 4.53. The molecule has 4 nitrogen and oxygen atoms in total. The Morgan fingerprint density at radius 3 is 2.76 bits per heavy atom. The number of ether oxygens (including phenoxy) is 1. The summed E-state index contributed by atoms with van der Waals surface area (Å²) in [6.45, 7) is 0.756. The minimum absolute atomic E-state index is 0.258. The van der Waals surface area contributed by atoms with E-state index in [1.807, 2.05) is 24.3 Å². The number of aromatic carboxylic acids is 1. The molecule has 21 heavy (non-hydrogen) atoms. The average molecular weight is 350 g/mol. The molecule has 0 spiro atoms. The quantitative estimate of drug-likeness (QED) is 0.832. The fraction of sp³-hybridized carbons (Fsp3) is 0.188. The highest BCUT2D eigenvalue weighted by atomic mass is 79.9. The number of carboxylic acids is 1. The fourth-order valence-electron chi connectivity index (χ4n) is 1.98. The third-order valence-electron chi connectivity index (χ3n) is 3.08. The van der Waals surface area contributed by atoms with Crippen LogP contribution in [0.1, 0.15) is 15.9 Å². The topological polar surface area (TPSA) is 58.6 Å². The van der Waals surface area contributed by atoms with Gasteiger partial charge in [0.05, 0.1) is 12.7 Å². The van der Waals surface area contributed by atoms with Gasteiger partial charge in [-0.2, -0.15) is 0 Å². The summed E-state index contributed by atoms with van der Waals surface area (Å²) in [5.41, 5.74) is 2.33. The summed E-state index contributed by atoms with van der Waals surface area (Å²) in [5, 5.41) is 12.2. The summed E-state index contributed by atoms with van der Waals surface area (Å²) in [6.07, 6.45) is 0.857. The molecule has 2 aromatic carbocycles. The highest BCUT2D eigenvalue weighted by Crippen LogP contribution is 2.21. The van der Waals surface area contributed by atoms with E-state index in [9.17, 15) is 4.79 Å². The second-order valence-corrected chi connectivity index (χ2v) is 5.38. The van der Waals surface area contributed by atoms with Gasteiger partial charge in [-0.3, -0.25) is 0 Å². The summed E-state index contributed by atoms with van der Waals surface area (Å²) >= 11 is 3.27. The predicted molar refractivity (Wildman–Crippen MR) is 86.3 cm³/mol. The number of rotatable bonds is 6. The van der Waals surface area contributed by atoms with Crippen LogP contribution < -0.4 is 10.1 Å². The lowest BCUT2D eigenvalue weighted by Crippen LogP contribution is -2.06. The van der Waals surface area contributed by atoms with Crippen LogP contribution in [-0.2, 0) is 6.42 Å². The molecule has 0 aliphatic rings. The monoisotopic (exact) mass is 349 g/mol. The molecule has 0 fully saturated rings. The van der Waals surface area contributed by atoms with Crippen molar-refractivity contribution < 1.29 is 14.6 Å². The first kappa shape index (κ1) is 15.4. The second kappa shape index (κ2) is 7.13. The zero-order valence-electron chi connectivity index (χ0n) is 11.6. The highest BCUT2D eigenvalue weighted by Gasteiger charge is 2.08. The first-order chi connectivity index (χ1) is 10.1. The minimum atomic E-state index is -0.940.